The van der Waals surface area contributed by atoms with Gasteiger partial charge in [-0.15, -0.1) is 0 Å². The van der Waals surface area contributed by atoms with E-state index in [0.717, 1.165) is 22.6 Å². The number of rotatable bonds is 8. The fourth-order valence-electron chi connectivity index (χ4n) is 2.86. The number of benzene rings is 2. The molecule has 0 saturated carbocycles. The molecule has 0 fully saturated rings. The van der Waals surface area contributed by atoms with Crippen LogP contribution in [-0.4, -0.2) is 16.9 Å². The Morgan fingerprint density at radius 2 is 1.96 bits per heavy atom. The maximum atomic E-state index is 12.4. The molecular formula is C22H22ClNO3S. The topological polar surface area (TPSA) is 52.3 Å². The Bertz CT molecular complexity index is 924. The van der Waals surface area contributed by atoms with Gasteiger partial charge in [-0.25, -0.2) is 0 Å². The SMILES string of the molecule is CCSCc1ccc(-c2nocc2CC(=O)OC(C)c2ccccc2Cl)cc1. The molecule has 28 heavy (non-hydrogen) atoms. The molecule has 1 atom stereocenters. The number of esters is 1. The summed E-state index contributed by atoms with van der Waals surface area (Å²) in [6, 6.07) is 15.5. The zero-order valence-corrected chi connectivity index (χ0v) is 17.4. The van der Waals surface area contributed by atoms with Gasteiger partial charge in [-0.1, -0.05) is 66.1 Å². The van der Waals surface area contributed by atoms with Gasteiger partial charge in [-0.05, 0) is 24.3 Å². The Morgan fingerprint density at radius 3 is 2.68 bits per heavy atom. The van der Waals surface area contributed by atoms with E-state index >= 15 is 0 Å². The molecule has 0 radical (unpaired) electrons. The third-order valence-electron chi connectivity index (χ3n) is 4.33. The van der Waals surface area contributed by atoms with Crippen LogP contribution < -0.4 is 0 Å². The number of nitrogens with zero attached hydrogens (tertiary/aromatic N) is 1. The fraction of sp³-hybridized carbons (Fsp3) is 0.273. The Balaban J connectivity index is 1.66. The fourth-order valence-corrected chi connectivity index (χ4v) is 3.78. The molecule has 0 aliphatic carbocycles. The van der Waals surface area contributed by atoms with Crippen molar-refractivity contribution in [3.63, 3.8) is 0 Å². The van der Waals surface area contributed by atoms with E-state index in [1.54, 1.807) is 13.0 Å². The molecular weight excluding hydrogens is 394 g/mol. The van der Waals surface area contributed by atoms with Gasteiger partial charge in [-0.3, -0.25) is 4.79 Å². The molecule has 0 aliphatic heterocycles. The minimum atomic E-state index is -0.431. The highest BCUT2D eigenvalue weighted by molar-refractivity contribution is 7.98. The van der Waals surface area contributed by atoms with Crippen LogP contribution in [0, 0.1) is 0 Å². The van der Waals surface area contributed by atoms with Gasteiger partial charge >= 0.3 is 5.97 Å². The minimum absolute atomic E-state index is 0.0844. The predicted octanol–water partition coefficient (Wildman–Crippen LogP) is 6.10. The highest BCUT2D eigenvalue weighted by Gasteiger charge is 2.18. The third-order valence-corrected chi connectivity index (χ3v) is 5.62. The Hall–Kier alpha value is -2.24. The van der Waals surface area contributed by atoms with Crippen LogP contribution in [0.2, 0.25) is 5.02 Å². The first-order valence-corrected chi connectivity index (χ1v) is 10.7. The second kappa shape index (κ2) is 9.80. The van der Waals surface area contributed by atoms with Crippen molar-refractivity contribution in [2.75, 3.05) is 5.75 Å². The molecule has 0 N–H and O–H groups in total. The Morgan fingerprint density at radius 1 is 1.21 bits per heavy atom. The molecule has 146 valence electrons. The van der Waals surface area contributed by atoms with Crippen molar-refractivity contribution in [3.05, 3.63) is 76.5 Å². The molecule has 0 spiro atoms. The summed E-state index contributed by atoms with van der Waals surface area (Å²) in [6.45, 7) is 3.95. The summed E-state index contributed by atoms with van der Waals surface area (Å²) < 4.78 is 10.7. The van der Waals surface area contributed by atoms with E-state index in [9.17, 15) is 4.79 Å². The van der Waals surface area contributed by atoms with E-state index < -0.39 is 6.10 Å². The number of ether oxygens (including phenoxy) is 1. The number of thioether (sulfide) groups is 1. The van der Waals surface area contributed by atoms with Gasteiger partial charge in [0.15, 0.2) is 0 Å². The van der Waals surface area contributed by atoms with Gasteiger partial charge < -0.3 is 9.26 Å². The largest absolute Gasteiger partial charge is 0.457 e. The molecule has 1 heterocycles. The Kier molecular flexibility index (Phi) is 7.18. The number of hydrogen-bond donors (Lipinski definition) is 0. The molecule has 2 aromatic carbocycles. The molecule has 1 aromatic heterocycles. The lowest BCUT2D eigenvalue weighted by atomic mass is 10.0. The van der Waals surface area contributed by atoms with E-state index in [0.29, 0.717) is 16.3 Å². The van der Waals surface area contributed by atoms with Crippen molar-refractivity contribution in [2.45, 2.75) is 32.1 Å². The predicted molar refractivity (Wildman–Crippen MR) is 113 cm³/mol. The molecule has 1 unspecified atom stereocenters. The van der Waals surface area contributed by atoms with Crippen molar-refractivity contribution in [1.82, 2.24) is 5.16 Å². The number of carbonyl (C=O) groups is 1. The average Bonchev–Trinajstić information content (AvgIpc) is 3.15. The maximum absolute atomic E-state index is 12.4. The standard InChI is InChI=1S/C22H22ClNO3S/c1-3-28-14-16-8-10-17(11-9-16)22-18(13-26-24-22)12-21(25)27-15(2)19-6-4-5-7-20(19)23/h4-11,13,15H,3,12,14H2,1-2H3. The van der Waals surface area contributed by atoms with Crippen molar-refractivity contribution in [1.29, 1.82) is 0 Å². The first-order chi connectivity index (χ1) is 13.6. The van der Waals surface area contributed by atoms with Gasteiger partial charge in [0.25, 0.3) is 0 Å². The van der Waals surface area contributed by atoms with Crippen molar-refractivity contribution >= 4 is 29.3 Å². The highest BCUT2D eigenvalue weighted by atomic mass is 35.5. The van der Waals surface area contributed by atoms with Crippen molar-refractivity contribution < 1.29 is 14.1 Å². The van der Waals surface area contributed by atoms with E-state index in [1.165, 1.54) is 11.8 Å². The van der Waals surface area contributed by atoms with Crippen LogP contribution in [0.3, 0.4) is 0 Å². The summed E-state index contributed by atoms with van der Waals surface area (Å²) in [5.74, 6) is 1.71. The zero-order valence-electron chi connectivity index (χ0n) is 15.9. The van der Waals surface area contributed by atoms with Crippen molar-refractivity contribution in [2.24, 2.45) is 0 Å². The second-order valence-electron chi connectivity index (χ2n) is 6.35. The third kappa shape index (κ3) is 5.18. The summed E-state index contributed by atoms with van der Waals surface area (Å²) in [7, 11) is 0. The lowest BCUT2D eigenvalue weighted by Gasteiger charge is -2.14. The molecule has 0 aliphatic rings. The van der Waals surface area contributed by atoms with Gasteiger partial charge in [0, 0.05) is 27.5 Å². The minimum Gasteiger partial charge on any atom is -0.457 e. The van der Waals surface area contributed by atoms with Gasteiger partial charge in [0.2, 0.25) is 0 Å². The summed E-state index contributed by atoms with van der Waals surface area (Å²) in [4.78, 5) is 12.4. The molecule has 6 heteroatoms. The first kappa shape index (κ1) is 20.5. The number of aromatic nitrogens is 1. The zero-order chi connectivity index (χ0) is 19.9. The smallest absolute Gasteiger partial charge is 0.311 e. The van der Waals surface area contributed by atoms with Crippen molar-refractivity contribution in [3.8, 4) is 11.3 Å². The monoisotopic (exact) mass is 415 g/mol. The van der Waals surface area contributed by atoms with Crippen LogP contribution in [0.15, 0.2) is 59.3 Å². The molecule has 3 rings (SSSR count). The van der Waals surface area contributed by atoms with Crippen LogP contribution in [-0.2, 0) is 21.7 Å². The normalized spacial score (nSPS) is 12.0. The number of carbonyl (C=O) groups excluding carboxylic acids is 1. The molecule has 0 bridgehead atoms. The highest BCUT2D eigenvalue weighted by Crippen LogP contribution is 2.27. The van der Waals surface area contributed by atoms with E-state index in [-0.39, 0.29) is 12.4 Å². The first-order valence-electron chi connectivity index (χ1n) is 9.12. The lowest BCUT2D eigenvalue weighted by Crippen LogP contribution is -2.12. The summed E-state index contributed by atoms with van der Waals surface area (Å²) in [5.41, 5.74) is 4.32. The van der Waals surface area contributed by atoms with Gasteiger partial charge in [-0.2, -0.15) is 11.8 Å². The van der Waals surface area contributed by atoms with Crippen LogP contribution >= 0.6 is 23.4 Å². The molecule has 0 saturated heterocycles. The summed E-state index contributed by atoms with van der Waals surface area (Å²) >= 11 is 8.05. The molecule has 4 nitrogen and oxygen atoms in total. The lowest BCUT2D eigenvalue weighted by molar-refractivity contribution is -0.147. The van der Waals surface area contributed by atoms with E-state index in [1.807, 2.05) is 42.1 Å². The van der Waals surface area contributed by atoms with E-state index in [4.69, 9.17) is 20.9 Å². The number of halogens is 1. The van der Waals surface area contributed by atoms with Gasteiger partial charge in [0.1, 0.15) is 18.1 Å². The molecule has 3 aromatic rings. The maximum Gasteiger partial charge on any atom is 0.311 e. The second-order valence-corrected chi connectivity index (χ2v) is 8.03. The van der Waals surface area contributed by atoms with Crippen LogP contribution in [0.1, 0.15) is 36.6 Å². The summed E-state index contributed by atoms with van der Waals surface area (Å²) in [5, 5.41) is 4.65. The van der Waals surface area contributed by atoms with Crippen LogP contribution in [0.25, 0.3) is 11.3 Å². The van der Waals surface area contributed by atoms with Crippen LogP contribution in [0.4, 0.5) is 0 Å². The average molecular weight is 416 g/mol. The quantitative estimate of drug-likeness (QED) is 0.416. The van der Waals surface area contributed by atoms with Crippen LogP contribution in [0.5, 0.6) is 0 Å². The number of hydrogen-bond acceptors (Lipinski definition) is 5. The van der Waals surface area contributed by atoms with Gasteiger partial charge in [0.05, 0.1) is 6.42 Å². The molecule has 0 amide bonds. The summed E-state index contributed by atoms with van der Waals surface area (Å²) in [6.07, 6.45) is 1.15. The Labute approximate surface area is 174 Å². The van der Waals surface area contributed by atoms with E-state index in [2.05, 4.69) is 24.2 Å².